The summed E-state index contributed by atoms with van der Waals surface area (Å²) in [4.78, 5) is 14.5. The molecule has 3 aliphatic heterocycles. The van der Waals surface area contributed by atoms with E-state index in [9.17, 15) is 0 Å². The molecule has 5 rings (SSSR count). The lowest BCUT2D eigenvalue weighted by Gasteiger charge is -2.38. The van der Waals surface area contributed by atoms with Gasteiger partial charge in [-0.05, 0) is 62.2 Å². The Kier molecular flexibility index (Phi) is 7.68. The highest BCUT2D eigenvalue weighted by Gasteiger charge is 2.34. The second-order valence-electron chi connectivity index (χ2n) is 10.4. The van der Waals surface area contributed by atoms with Crippen LogP contribution < -0.4 is 20.4 Å². The Bertz CT molecular complexity index is 990. The molecule has 0 spiro atoms. The zero-order valence-electron chi connectivity index (χ0n) is 20.8. The van der Waals surface area contributed by atoms with Gasteiger partial charge < -0.3 is 25.2 Å². The number of anilines is 3. The Balaban J connectivity index is 1.31. The number of hydrogen-bond donors (Lipinski definition) is 2. The molecule has 3 fully saturated rings. The summed E-state index contributed by atoms with van der Waals surface area (Å²) in [6.45, 7) is 8.82. The van der Waals surface area contributed by atoms with Crippen molar-refractivity contribution in [1.82, 2.24) is 15.3 Å². The molecule has 188 valence electrons. The van der Waals surface area contributed by atoms with Gasteiger partial charge >= 0.3 is 0 Å². The van der Waals surface area contributed by atoms with Crippen molar-refractivity contribution in [1.29, 1.82) is 0 Å². The minimum atomic E-state index is 0.0125. The zero-order valence-corrected chi connectivity index (χ0v) is 21.7. The van der Waals surface area contributed by atoms with E-state index < -0.39 is 0 Å². The average Bonchev–Trinajstić information content (AvgIpc) is 3.44. The minimum Gasteiger partial charge on any atom is -0.381 e. The molecule has 3 saturated heterocycles. The molecule has 0 saturated carbocycles. The molecule has 0 amide bonds. The van der Waals surface area contributed by atoms with Crippen molar-refractivity contribution in [3.63, 3.8) is 0 Å². The molecule has 3 aliphatic rings. The molecular weight excluding hydrogens is 456 g/mol. The van der Waals surface area contributed by atoms with Gasteiger partial charge in [0, 0.05) is 57.4 Å². The van der Waals surface area contributed by atoms with Crippen LogP contribution in [0.2, 0.25) is 0 Å². The normalized spacial score (nSPS) is 22.1. The van der Waals surface area contributed by atoms with Gasteiger partial charge in [-0.25, -0.2) is 0 Å². The first-order valence-electron chi connectivity index (χ1n) is 13.2. The summed E-state index contributed by atoms with van der Waals surface area (Å²) in [6.07, 6.45) is 6.88. The average molecular weight is 495 g/mol. The Morgan fingerprint density at radius 3 is 2.43 bits per heavy atom. The lowest BCUT2D eigenvalue weighted by Crippen LogP contribution is -2.45. The predicted octanol–water partition coefficient (Wildman–Crippen LogP) is 4.35. The van der Waals surface area contributed by atoms with Crippen LogP contribution in [0.4, 0.5) is 17.6 Å². The van der Waals surface area contributed by atoms with E-state index in [0.717, 1.165) is 70.4 Å². The maximum atomic E-state index is 5.74. The predicted molar refractivity (Wildman–Crippen MR) is 146 cm³/mol. The van der Waals surface area contributed by atoms with Crippen molar-refractivity contribution in [2.45, 2.75) is 50.9 Å². The van der Waals surface area contributed by atoms with Crippen LogP contribution in [0.5, 0.6) is 0 Å². The van der Waals surface area contributed by atoms with Crippen molar-refractivity contribution < 1.29 is 4.74 Å². The first-order valence-corrected chi connectivity index (χ1v) is 13.6. The summed E-state index contributed by atoms with van der Waals surface area (Å²) >= 11 is 5.74. The summed E-state index contributed by atoms with van der Waals surface area (Å²) in [6, 6.07) is 12.9. The van der Waals surface area contributed by atoms with Crippen molar-refractivity contribution in [3.05, 3.63) is 42.0 Å². The number of rotatable bonds is 6. The SMILES string of the molecule is C[C@@H]1CCCN(c2cc(N3CCCC3)nc(NC(=S)NCC3(c4ccccc4)CCOCC3)n2)C1. The number of nitrogens with zero attached hydrogens (tertiary/aromatic N) is 4. The van der Waals surface area contributed by atoms with Crippen LogP contribution in [0.15, 0.2) is 36.4 Å². The molecule has 1 aromatic carbocycles. The molecule has 1 aromatic heterocycles. The molecule has 8 heteroatoms. The third-order valence-electron chi connectivity index (χ3n) is 7.76. The van der Waals surface area contributed by atoms with Gasteiger partial charge in [0.25, 0.3) is 0 Å². The van der Waals surface area contributed by atoms with E-state index in [0.29, 0.717) is 17.0 Å². The van der Waals surface area contributed by atoms with Crippen LogP contribution in [-0.2, 0) is 10.2 Å². The van der Waals surface area contributed by atoms with Crippen molar-refractivity contribution in [2.24, 2.45) is 5.92 Å². The van der Waals surface area contributed by atoms with E-state index in [1.807, 2.05) is 0 Å². The monoisotopic (exact) mass is 494 g/mol. The number of nitrogens with one attached hydrogen (secondary N) is 2. The van der Waals surface area contributed by atoms with E-state index in [4.69, 9.17) is 26.9 Å². The molecule has 4 heterocycles. The topological polar surface area (TPSA) is 65.5 Å². The minimum absolute atomic E-state index is 0.0125. The van der Waals surface area contributed by atoms with Crippen molar-refractivity contribution in [2.75, 3.05) is 61.1 Å². The summed E-state index contributed by atoms with van der Waals surface area (Å²) in [5, 5.41) is 7.38. The van der Waals surface area contributed by atoms with Crippen molar-refractivity contribution >= 4 is 34.9 Å². The summed E-state index contributed by atoms with van der Waals surface area (Å²) in [7, 11) is 0. The van der Waals surface area contributed by atoms with Gasteiger partial charge in [-0.2, -0.15) is 9.97 Å². The molecule has 1 atom stereocenters. The molecule has 2 N–H and O–H groups in total. The smallest absolute Gasteiger partial charge is 0.232 e. The maximum Gasteiger partial charge on any atom is 0.232 e. The third kappa shape index (κ3) is 5.86. The number of benzene rings is 1. The Morgan fingerprint density at radius 2 is 1.71 bits per heavy atom. The fourth-order valence-corrected chi connectivity index (χ4v) is 5.83. The van der Waals surface area contributed by atoms with Gasteiger partial charge in [-0.3, -0.25) is 0 Å². The second kappa shape index (κ2) is 11.1. The van der Waals surface area contributed by atoms with Gasteiger partial charge in [0.15, 0.2) is 5.11 Å². The summed E-state index contributed by atoms with van der Waals surface area (Å²) in [5.41, 5.74) is 1.35. The van der Waals surface area contributed by atoms with Gasteiger partial charge in [0.05, 0.1) is 0 Å². The molecule has 0 aliphatic carbocycles. The molecule has 2 aromatic rings. The van der Waals surface area contributed by atoms with Crippen LogP contribution >= 0.6 is 12.2 Å². The number of piperidine rings is 1. The summed E-state index contributed by atoms with van der Waals surface area (Å²) in [5.74, 6) is 3.27. The number of thiocarbonyl (C=S) groups is 1. The molecular formula is C27H38N6OS. The highest BCUT2D eigenvalue weighted by molar-refractivity contribution is 7.80. The van der Waals surface area contributed by atoms with E-state index in [2.05, 4.69) is 63.8 Å². The second-order valence-corrected chi connectivity index (χ2v) is 10.8. The van der Waals surface area contributed by atoms with E-state index >= 15 is 0 Å². The summed E-state index contributed by atoms with van der Waals surface area (Å²) < 4.78 is 5.68. The number of ether oxygens (including phenoxy) is 1. The van der Waals surface area contributed by atoms with E-state index in [1.54, 1.807) is 0 Å². The molecule has 35 heavy (non-hydrogen) atoms. The van der Waals surface area contributed by atoms with Gasteiger partial charge in [-0.15, -0.1) is 0 Å². The van der Waals surface area contributed by atoms with Crippen LogP contribution in [0, 0.1) is 5.92 Å². The lowest BCUT2D eigenvalue weighted by molar-refractivity contribution is 0.0515. The standard InChI is InChI=1S/C27H38N6OS/c1-21-8-7-15-33(19-21)24-18-23(32-13-5-6-14-32)29-25(30-24)31-26(35)28-20-27(11-16-34-17-12-27)22-9-3-2-4-10-22/h2-4,9-10,18,21H,5-8,11-17,19-20H2,1H3,(H2,28,29,30,31,35)/t21-/m1/s1. The molecule has 0 radical (unpaired) electrons. The Labute approximate surface area is 214 Å². The fraction of sp³-hybridized carbons (Fsp3) is 0.593. The lowest BCUT2D eigenvalue weighted by atomic mass is 9.74. The number of aromatic nitrogens is 2. The Morgan fingerprint density at radius 1 is 1.03 bits per heavy atom. The van der Waals surface area contributed by atoms with Crippen LogP contribution in [0.25, 0.3) is 0 Å². The van der Waals surface area contributed by atoms with Gasteiger partial charge in [0.2, 0.25) is 5.95 Å². The quantitative estimate of drug-likeness (QED) is 0.575. The third-order valence-corrected chi connectivity index (χ3v) is 8.01. The molecule has 0 bridgehead atoms. The largest absolute Gasteiger partial charge is 0.381 e. The highest BCUT2D eigenvalue weighted by Crippen LogP contribution is 2.34. The number of hydrogen-bond acceptors (Lipinski definition) is 6. The van der Waals surface area contributed by atoms with E-state index in [1.165, 1.54) is 31.2 Å². The molecule has 0 unspecified atom stereocenters. The van der Waals surface area contributed by atoms with E-state index in [-0.39, 0.29) is 5.41 Å². The Hall–Kier alpha value is -2.45. The van der Waals surface area contributed by atoms with Gasteiger partial charge in [0.1, 0.15) is 11.6 Å². The fourth-order valence-electron chi connectivity index (χ4n) is 5.66. The highest BCUT2D eigenvalue weighted by atomic mass is 32.1. The zero-order chi connectivity index (χ0) is 24.1. The van der Waals surface area contributed by atoms with Crippen LogP contribution in [-0.4, -0.2) is 61.0 Å². The van der Waals surface area contributed by atoms with Crippen LogP contribution in [0.1, 0.15) is 51.0 Å². The first kappa shape index (κ1) is 24.3. The van der Waals surface area contributed by atoms with Crippen molar-refractivity contribution in [3.8, 4) is 0 Å². The first-order chi connectivity index (χ1) is 17.1. The van der Waals surface area contributed by atoms with Gasteiger partial charge in [-0.1, -0.05) is 37.3 Å². The van der Waals surface area contributed by atoms with Crippen LogP contribution in [0.3, 0.4) is 0 Å². The maximum absolute atomic E-state index is 5.74. The molecule has 7 nitrogen and oxygen atoms in total.